The van der Waals surface area contributed by atoms with Crippen LogP contribution in [-0.4, -0.2) is 159 Å². The normalized spacial score (nSPS) is 13.5. The number of H-pyrrole nitrogens is 1. The largest absolute Gasteiger partial charge is 0.481 e. The third kappa shape index (κ3) is 18.4. The number of aromatic amines is 1. The number of fused-ring (bicyclic) bond motifs is 1. The molecule has 74 heavy (non-hydrogen) atoms. The number of guanidine groups is 1. The number of nitrogens with zero attached hydrogens (tertiary/aromatic N) is 4. The van der Waals surface area contributed by atoms with Crippen LogP contribution in [-0.2, 0) is 54.5 Å². The Morgan fingerprint density at radius 3 is 1.76 bits per heavy atom. The maximum atomic E-state index is 13.9. The number of rotatable bonds is 29. The highest BCUT2D eigenvalue weighted by Gasteiger charge is 2.37. The Morgan fingerprint density at radius 2 is 1.24 bits per heavy atom. The summed E-state index contributed by atoms with van der Waals surface area (Å²) in [7, 11) is 0. The molecule has 2 heterocycles. The van der Waals surface area contributed by atoms with E-state index in [0.29, 0.717) is 11.4 Å². The number of aliphatic imine (C=N–C) groups is 1. The third-order valence-corrected chi connectivity index (χ3v) is 10.1. The minimum absolute atomic E-state index is 0.0118. The van der Waals surface area contributed by atoms with Crippen LogP contribution in [0.25, 0.3) is 11.2 Å². The van der Waals surface area contributed by atoms with Gasteiger partial charge in [-0.25, -0.2) is 24.5 Å². The highest BCUT2D eigenvalue weighted by Crippen LogP contribution is 2.14. The van der Waals surface area contributed by atoms with Crippen LogP contribution in [0.3, 0.4) is 0 Å². The maximum absolute atomic E-state index is 13.9. The molecule has 0 bridgehead atoms. The Balaban J connectivity index is 1.74. The second-order valence-corrected chi connectivity index (χ2v) is 15.7. The number of carboxylic acids is 5. The summed E-state index contributed by atoms with van der Waals surface area (Å²) in [5.74, 6) is -14.8. The van der Waals surface area contributed by atoms with E-state index in [1.807, 2.05) is 21.9 Å². The van der Waals surface area contributed by atoms with Crippen molar-refractivity contribution in [2.45, 2.75) is 101 Å². The van der Waals surface area contributed by atoms with Crippen molar-refractivity contribution in [1.29, 1.82) is 0 Å². The van der Waals surface area contributed by atoms with Crippen molar-refractivity contribution in [3.05, 3.63) is 52.1 Å². The molecule has 3 aromatic rings. The molecule has 7 atom stereocenters. The van der Waals surface area contributed by atoms with Crippen molar-refractivity contribution in [2.75, 3.05) is 11.1 Å². The number of aromatic nitrogens is 4. The highest BCUT2D eigenvalue weighted by molar-refractivity contribution is 5.99. The van der Waals surface area contributed by atoms with E-state index in [9.17, 15) is 83.1 Å². The second kappa shape index (κ2) is 27.4. The van der Waals surface area contributed by atoms with Crippen LogP contribution >= 0.6 is 0 Å². The number of hydrogen-bond acceptors (Lipinski definition) is 18. The van der Waals surface area contributed by atoms with Gasteiger partial charge in [-0.2, -0.15) is 4.98 Å². The molecule has 0 fully saturated rings. The number of carbonyl (C=O) groups excluding carboxylic acids is 6. The first-order valence-electron chi connectivity index (χ1n) is 21.6. The summed E-state index contributed by atoms with van der Waals surface area (Å²) >= 11 is 0. The SMILES string of the molecule is C#CC[C@H](NC(=O)[C@H](CC(=O)O)NC(=O)[C@H](CC(=O)O)NC(=O)[C@@H](NC(=O)[C@H](CC(=O)O)NC(=O)CC[C@H](NC(=O)c1ccc(NCc2cnc3nc(N)[nH]c(=O)c3n2)cc1)C(=O)O)C(CC)N=C(N)N)C(=O)O. The van der Waals surface area contributed by atoms with Gasteiger partial charge >= 0.3 is 29.8 Å². The lowest BCUT2D eigenvalue weighted by atomic mass is 10.0. The van der Waals surface area contributed by atoms with Crippen molar-refractivity contribution in [3.63, 3.8) is 0 Å². The molecule has 396 valence electrons. The molecular weight excluding hydrogens is 987 g/mol. The Kier molecular flexibility index (Phi) is 21.6. The molecule has 0 aliphatic heterocycles. The van der Waals surface area contributed by atoms with Crippen LogP contribution in [0.1, 0.15) is 67.9 Å². The first-order valence-corrected chi connectivity index (χ1v) is 21.6. The predicted octanol–water partition coefficient (Wildman–Crippen LogP) is -5.12. The summed E-state index contributed by atoms with van der Waals surface area (Å²) in [6.07, 6.45) is 0.790. The maximum Gasteiger partial charge on any atom is 0.327 e. The Labute approximate surface area is 416 Å². The quantitative estimate of drug-likeness (QED) is 0.0176. The number of nitrogen functional groups attached to an aromatic ring is 1. The van der Waals surface area contributed by atoms with E-state index in [1.165, 1.54) is 37.4 Å². The van der Waals surface area contributed by atoms with Gasteiger partial charge in [0.15, 0.2) is 17.1 Å². The van der Waals surface area contributed by atoms with Gasteiger partial charge in [0.1, 0.15) is 36.3 Å². The lowest BCUT2D eigenvalue weighted by Crippen LogP contribution is -2.61. The van der Waals surface area contributed by atoms with E-state index in [2.05, 4.69) is 46.2 Å². The standard InChI is InChI=1S/C42H51N15O17/c1-3-5-21(39(71)72)51-34(66)24(13-28(61)62)52-35(67)25(14-29(63)64)53-37(69)30(20(4-2)54-41(43)44)55-36(68)23(12-27(59)60)49-26(58)11-10-22(40(73)74)50-33(65)17-6-8-18(9-7-17)46-15-19-16-47-32-31(48-19)38(70)57-42(45)56-32/h1,6-9,16,20-25,30,46H,4-5,10-15H2,2H3,(H,49,58)(H,50,65)(H,51,66)(H,52,67)(H,53,69)(H,55,68)(H,59,60)(H,61,62)(H,63,64)(H,71,72)(H,73,74)(H4,43,44,54)(H3,45,47,56,57,70)/t20?,21-,22-,23-,24-,25-,30-/m0/s1. The van der Waals surface area contributed by atoms with Crippen molar-refractivity contribution < 1.29 is 78.3 Å². The number of nitrogens with two attached hydrogens (primary N) is 3. The molecule has 0 saturated carbocycles. The number of benzene rings is 1. The van der Waals surface area contributed by atoms with Gasteiger partial charge in [-0.1, -0.05) is 6.92 Å². The first-order chi connectivity index (χ1) is 34.8. The van der Waals surface area contributed by atoms with Gasteiger partial charge in [0.2, 0.25) is 35.5 Å². The molecular formula is C42H51N15O17. The molecule has 3 rings (SSSR count). The van der Waals surface area contributed by atoms with E-state index < -0.39 is 158 Å². The number of amides is 6. The lowest BCUT2D eigenvalue weighted by molar-refractivity contribution is -0.145. The highest BCUT2D eigenvalue weighted by atomic mass is 16.4. The summed E-state index contributed by atoms with van der Waals surface area (Å²) in [6, 6.07) is -7.56. The van der Waals surface area contributed by atoms with E-state index in [0.717, 1.165) is 0 Å². The Morgan fingerprint density at radius 1 is 0.716 bits per heavy atom. The zero-order valence-corrected chi connectivity index (χ0v) is 38.8. The Bertz CT molecular complexity index is 2780. The molecule has 19 N–H and O–H groups in total. The van der Waals surface area contributed by atoms with Crippen LogP contribution in [0.4, 0.5) is 11.6 Å². The van der Waals surface area contributed by atoms with Gasteiger partial charge in [0.25, 0.3) is 11.5 Å². The number of aliphatic carboxylic acids is 5. The van der Waals surface area contributed by atoms with E-state index in [1.54, 1.807) is 0 Å². The van der Waals surface area contributed by atoms with Gasteiger partial charge in [0, 0.05) is 24.1 Å². The number of anilines is 2. The molecule has 0 aliphatic rings. The van der Waals surface area contributed by atoms with Crippen molar-refractivity contribution in [3.8, 4) is 12.3 Å². The fraction of sp³-hybridized carbons (Fsp3) is 0.381. The van der Waals surface area contributed by atoms with E-state index >= 15 is 0 Å². The number of carboxylic acid groups (broad SMARTS) is 5. The number of terminal acetylenes is 1. The fourth-order valence-electron chi connectivity index (χ4n) is 6.49. The molecule has 0 saturated heterocycles. The van der Waals surface area contributed by atoms with Crippen LogP contribution in [0.15, 0.2) is 40.2 Å². The predicted molar refractivity (Wildman–Crippen MR) is 252 cm³/mol. The van der Waals surface area contributed by atoms with Crippen LogP contribution in [0.5, 0.6) is 0 Å². The third-order valence-electron chi connectivity index (χ3n) is 10.1. The smallest absolute Gasteiger partial charge is 0.327 e. The summed E-state index contributed by atoms with van der Waals surface area (Å²) in [6.45, 7) is 1.48. The molecule has 32 heteroatoms. The average Bonchev–Trinajstić information content (AvgIpc) is 3.31. The van der Waals surface area contributed by atoms with Crippen LogP contribution in [0.2, 0.25) is 0 Å². The molecule has 32 nitrogen and oxygen atoms in total. The van der Waals surface area contributed by atoms with Gasteiger partial charge < -0.3 is 80.0 Å². The van der Waals surface area contributed by atoms with Crippen molar-refractivity contribution >= 4 is 94.0 Å². The molecule has 6 amide bonds. The average molecular weight is 1040 g/mol. The van der Waals surface area contributed by atoms with Crippen LogP contribution < -0.4 is 60.0 Å². The van der Waals surface area contributed by atoms with Crippen molar-refractivity contribution in [2.24, 2.45) is 16.5 Å². The summed E-state index contributed by atoms with van der Waals surface area (Å²) in [5, 5.41) is 63.2. The first kappa shape index (κ1) is 58.4. The van der Waals surface area contributed by atoms with E-state index in [-0.39, 0.29) is 35.6 Å². The number of hydrogen-bond donors (Lipinski definition) is 16. The van der Waals surface area contributed by atoms with Gasteiger partial charge in [0.05, 0.1) is 43.7 Å². The van der Waals surface area contributed by atoms with Crippen molar-refractivity contribution in [1.82, 2.24) is 51.8 Å². The molecule has 0 spiro atoms. The Hall–Kier alpha value is -9.96. The summed E-state index contributed by atoms with van der Waals surface area (Å²) < 4.78 is 0. The van der Waals surface area contributed by atoms with Gasteiger partial charge in [-0.05, 0) is 37.1 Å². The van der Waals surface area contributed by atoms with Gasteiger partial charge in [-0.3, -0.25) is 52.9 Å². The zero-order chi connectivity index (χ0) is 55.4. The second-order valence-electron chi connectivity index (χ2n) is 15.7. The lowest BCUT2D eigenvalue weighted by Gasteiger charge is -2.28. The number of nitrogens with one attached hydrogen (secondary N) is 8. The minimum Gasteiger partial charge on any atom is -0.481 e. The molecule has 0 radical (unpaired) electrons. The molecule has 1 unspecified atom stereocenters. The molecule has 2 aromatic heterocycles. The topological polar surface area (TPSA) is 535 Å². The fourth-order valence-corrected chi connectivity index (χ4v) is 6.49. The van der Waals surface area contributed by atoms with Crippen LogP contribution in [0, 0.1) is 12.3 Å². The zero-order valence-electron chi connectivity index (χ0n) is 38.8. The summed E-state index contributed by atoms with van der Waals surface area (Å²) in [5.41, 5.74) is 16.8. The summed E-state index contributed by atoms with van der Waals surface area (Å²) in [4.78, 5) is 170. The van der Waals surface area contributed by atoms with Gasteiger partial charge in [-0.15, -0.1) is 12.3 Å². The molecule has 0 aliphatic carbocycles. The van der Waals surface area contributed by atoms with E-state index in [4.69, 9.17) is 23.6 Å². The minimum atomic E-state index is -2.17. The molecule has 1 aromatic carbocycles. The monoisotopic (exact) mass is 1040 g/mol. The number of carbonyl (C=O) groups is 11.